The fourth-order valence-electron chi connectivity index (χ4n) is 2.13. The fourth-order valence-corrected chi connectivity index (χ4v) is 2.13. The van der Waals surface area contributed by atoms with Gasteiger partial charge in [0.1, 0.15) is 0 Å². The van der Waals surface area contributed by atoms with E-state index in [-0.39, 0.29) is 11.6 Å². The Morgan fingerprint density at radius 2 is 1.68 bits per heavy atom. The number of hydrogen-bond donors (Lipinski definition) is 2. The van der Waals surface area contributed by atoms with Gasteiger partial charge < -0.3 is 10.6 Å². The quantitative estimate of drug-likeness (QED) is 0.674. The minimum Gasteiger partial charge on any atom is -0.339 e. The average Bonchev–Trinajstić information content (AvgIpc) is 2.63. The number of aryl methyl sites for hydroxylation is 1. The van der Waals surface area contributed by atoms with E-state index < -0.39 is 17.5 Å². The van der Waals surface area contributed by atoms with Crippen LogP contribution in [0.5, 0.6) is 0 Å². The second-order valence-corrected chi connectivity index (χ2v) is 5.19. The summed E-state index contributed by atoms with van der Waals surface area (Å²) in [7, 11) is 0. The lowest BCUT2D eigenvalue weighted by Crippen LogP contribution is -2.05. The highest BCUT2D eigenvalue weighted by molar-refractivity contribution is 5.59. The maximum Gasteiger partial charge on any atom is 0.249 e. The smallest absolute Gasteiger partial charge is 0.249 e. The number of benzene rings is 2. The van der Waals surface area contributed by atoms with E-state index in [1.165, 1.54) is 11.8 Å². The van der Waals surface area contributed by atoms with E-state index in [4.69, 9.17) is 0 Å². The standard InChI is InChI=1S/C17H14F3N5/c1-2-10-3-5-11(6-4-10)22-14-9-21-25-17(24-14)23-13-8-7-12(18)15(19)16(13)20/h3-9H,2H2,1H3,(H2,22,23,24,25). The highest BCUT2D eigenvalue weighted by Gasteiger charge is 2.14. The van der Waals surface area contributed by atoms with Gasteiger partial charge in [0.25, 0.3) is 0 Å². The van der Waals surface area contributed by atoms with Crippen LogP contribution in [0.4, 0.5) is 36.3 Å². The van der Waals surface area contributed by atoms with E-state index >= 15 is 0 Å². The molecule has 5 nitrogen and oxygen atoms in total. The van der Waals surface area contributed by atoms with Gasteiger partial charge in [0.15, 0.2) is 23.3 Å². The first-order chi connectivity index (χ1) is 12.1. The Labute approximate surface area is 141 Å². The Kier molecular flexibility index (Phi) is 4.78. The second-order valence-electron chi connectivity index (χ2n) is 5.19. The third-order valence-electron chi connectivity index (χ3n) is 3.48. The van der Waals surface area contributed by atoms with Crippen LogP contribution in [0.3, 0.4) is 0 Å². The molecule has 0 bridgehead atoms. The maximum absolute atomic E-state index is 13.7. The van der Waals surface area contributed by atoms with Gasteiger partial charge >= 0.3 is 0 Å². The van der Waals surface area contributed by atoms with Crippen LogP contribution < -0.4 is 10.6 Å². The van der Waals surface area contributed by atoms with Crippen LogP contribution in [-0.2, 0) is 6.42 Å². The minimum absolute atomic E-state index is 0.0555. The normalized spacial score (nSPS) is 10.6. The van der Waals surface area contributed by atoms with Gasteiger partial charge in [-0.25, -0.2) is 13.2 Å². The Balaban J connectivity index is 1.78. The van der Waals surface area contributed by atoms with Gasteiger partial charge in [-0.05, 0) is 36.2 Å². The topological polar surface area (TPSA) is 62.7 Å². The molecule has 128 valence electrons. The molecule has 0 unspecified atom stereocenters. The van der Waals surface area contributed by atoms with Crippen molar-refractivity contribution in [2.24, 2.45) is 0 Å². The molecule has 1 heterocycles. The van der Waals surface area contributed by atoms with E-state index in [0.29, 0.717) is 5.82 Å². The molecular weight excluding hydrogens is 331 g/mol. The zero-order valence-electron chi connectivity index (χ0n) is 13.2. The molecule has 2 aromatic carbocycles. The number of hydrogen-bond acceptors (Lipinski definition) is 5. The van der Waals surface area contributed by atoms with E-state index in [1.807, 2.05) is 24.3 Å². The Bertz CT molecular complexity index is 884. The molecule has 25 heavy (non-hydrogen) atoms. The molecule has 0 amide bonds. The van der Waals surface area contributed by atoms with E-state index in [2.05, 4.69) is 32.7 Å². The summed E-state index contributed by atoms with van der Waals surface area (Å²) in [5.41, 5.74) is 1.70. The van der Waals surface area contributed by atoms with Crippen LogP contribution in [0.25, 0.3) is 0 Å². The van der Waals surface area contributed by atoms with Crippen molar-refractivity contribution in [2.75, 3.05) is 10.6 Å². The Morgan fingerprint density at radius 1 is 0.920 bits per heavy atom. The predicted molar refractivity (Wildman–Crippen MR) is 88.5 cm³/mol. The van der Waals surface area contributed by atoms with Crippen molar-refractivity contribution in [3.63, 3.8) is 0 Å². The summed E-state index contributed by atoms with van der Waals surface area (Å²) < 4.78 is 39.9. The molecule has 0 aliphatic rings. The number of rotatable bonds is 5. The summed E-state index contributed by atoms with van der Waals surface area (Å²) >= 11 is 0. The van der Waals surface area contributed by atoms with Crippen LogP contribution in [0.1, 0.15) is 12.5 Å². The largest absolute Gasteiger partial charge is 0.339 e. The molecule has 2 N–H and O–H groups in total. The lowest BCUT2D eigenvalue weighted by Gasteiger charge is -2.09. The first-order valence-corrected chi connectivity index (χ1v) is 7.53. The number of halogens is 3. The maximum atomic E-state index is 13.7. The molecule has 0 saturated heterocycles. The number of nitrogens with zero attached hydrogens (tertiary/aromatic N) is 3. The Morgan fingerprint density at radius 3 is 2.40 bits per heavy atom. The van der Waals surface area contributed by atoms with Gasteiger partial charge in [0.05, 0.1) is 11.9 Å². The van der Waals surface area contributed by atoms with Gasteiger partial charge in [0, 0.05) is 5.69 Å². The number of nitrogens with one attached hydrogen (secondary N) is 2. The monoisotopic (exact) mass is 345 g/mol. The van der Waals surface area contributed by atoms with E-state index in [0.717, 1.165) is 24.2 Å². The van der Waals surface area contributed by atoms with Gasteiger partial charge in [-0.3, -0.25) is 0 Å². The summed E-state index contributed by atoms with van der Waals surface area (Å²) in [6.45, 7) is 2.06. The molecule has 0 aliphatic carbocycles. The third kappa shape index (κ3) is 3.85. The average molecular weight is 345 g/mol. The van der Waals surface area contributed by atoms with Gasteiger partial charge in [-0.2, -0.15) is 10.1 Å². The molecule has 3 aromatic rings. The summed E-state index contributed by atoms with van der Waals surface area (Å²) in [5.74, 6) is -3.88. The molecular formula is C17H14F3N5. The van der Waals surface area contributed by atoms with Crippen LogP contribution in [0, 0.1) is 17.5 Å². The number of aromatic nitrogens is 3. The summed E-state index contributed by atoms with van der Waals surface area (Å²) in [6.07, 6.45) is 2.32. The van der Waals surface area contributed by atoms with E-state index in [1.54, 1.807) is 0 Å². The molecule has 8 heteroatoms. The van der Waals surface area contributed by atoms with Crippen molar-refractivity contribution < 1.29 is 13.2 Å². The fraction of sp³-hybridized carbons (Fsp3) is 0.118. The molecule has 3 rings (SSSR count). The highest BCUT2D eigenvalue weighted by atomic mass is 19.2. The molecule has 0 radical (unpaired) electrons. The van der Waals surface area contributed by atoms with Crippen LogP contribution >= 0.6 is 0 Å². The van der Waals surface area contributed by atoms with Crippen LogP contribution in [-0.4, -0.2) is 15.2 Å². The molecule has 0 saturated carbocycles. The van der Waals surface area contributed by atoms with E-state index in [9.17, 15) is 13.2 Å². The highest BCUT2D eigenvalue weighted by Crippen LogP contribution is 2.22. The molecule has 0 aliphatic heterocycles. The summed E-state index contributed by atoms with van der Waals surface area (Å²) in [6, 6.07) is 9.61. The van der Waals surface area contributed by atoms with Crippen molar-refractivity contribution in [3.05, 3.63) is 65.6 Å². The Hall–Kier alpha value is -3.16. The SMILES string of the molecule is CCc1ccc(Nc2cnnc(Nc3ccc(F)c(F)c3F)n2)cc1. The lowest BCUT2D eigenvalue weighted by atomic mass is 10.1. The minimum atomic E-state index is -1.57. The van der Waals surface area contributed by atoms with Crippen LogP contribution in [0.2, 0.25) is 0 Å². The number of anilines is 4. The molecule has 0 fully saturated rings. The van der Waals surface area contributed by atoms with Crippen molar-refractivity contribution in [1.29, 1.82) is 0 Å². The summed E-state index contributed by atoms with van der Waals surface area (Å²) in [4.78, 5) is 4.12. The third-order valence-corrected chi connectivity index (χ3v) is 3.48. The second kappa shape index (κ2) is 7.16. The van der Waals surface area contributed by atoms with Gasteiger partial charge in [-0.15, -0.1) is 5.10 Å². The first kappa shape index (κ1) is 16.7. The van der Waals surface area contributed by atoms with Crippen molar-refractivity contribution in [1.82, 2.24) is 15.2 Å². The first-order valence-electron chi connectivity index (χ1n) is 7.53. The van der Waals surface area contributed by atoms with Gasteiger partial charge in [-0.1, -0.05) is 19.1 Å². The molecule has 0 spiro atoms. The predicted octanol–water partition coefficient (Wildman–Crippen LogP) is 4.34. The molecule has 1 aromatic heterocycles. The van der Waals surface area contributed by atoms with Crippen LogP contribution in [0.15, 0.2) is 42.6 Å². The lowest BCUT2D eigenvalue weighted by molar-refractivity contribution is 0.449. The zero-order valence-corrected chi connectivity index (χ0v) is 13.2. The van der Waals surface area contributed by atoms with Crippen molar-refractivity contribution in [3.8, 4) is 0 Å². The molecule has 0 atom stereocenters. The van der Waals surface area contributed by atoms with Crippen molar-refractivity contribution >= 4 is 23.1 Å². The van der Waals surface area contributed by atoms with Crippen molar-refractivity contribution in [2.45, 2.75) is 13.3 Å². The summed E-state index contributed by atoms with van der Waals surface area (Å²) in [5, 5.41) is 13.0. The van der Waals surface area contributed by atoms with Gasteiger partial charge in [0.2, 0.25) is 5.95 Å². The zero-order chi connectivity index (χ0) is 17.8.